The van der Waals surface area contributed by atoms with Crippen LogP contribution in [-0.4, -0.2) is 47.2 Å². The van der Waals surface area contributed by atoms with Crippen molar-refractivity contribution in [2.24, 2.45) is 5.92 Å². The summed E-state index contributed by atoms with van der Waals surface area (Å²) >= 11 is 6.02. The van der Waals surface area contributed by atoms with E-state index in [0.29, 0.717) is 42.4 Å². The van der Waals surface area contributed by atoms with Crippen LogP contribution >= 0.6 is 11.6 Å². The van der Waals surface area contributed by atoms with Crippen LogP contribution in [0.3, 0.4) is 0 Å². The zero-order valence-corrected chi connectivity index (χ0v) is 19.8. The molecule has 2 amide bonds. The lowest BCUT2D eigenvalue weighted by Gasteiger charge is -2.43. The summed E-state index contributed by atoms with van der Waals surface area (Å²) in [6, 6.07) is 7.12. The molecule has 0 bridgehead atoms. The van der Waals surface area contributed by atoms with Gasteiger partial charge in [0.25, 0.3) is 5.91 Å². The fourth-order valence-corrected chi connectivity index (χ4v) is 4.42. The minimum Gasteiger partial charge on any atom is -0.477 e. The van der Waals surface area contributed by atoms with Gasteiger partial charge in [0.05, 0.1) is 0 Å². The molecule has 3 rings (SSSR count). The number of hydrogen-bond acceptors (Lipinski definition) is 4. The Morgan fingerprint density at radius 1 is 1.06 bits per heavy atom. The SMILES string of the molecule is CC1CCN(C(=O)C2(Oc3ccc(Cl)cc3)CCC(NC(=O)OC(C)(C)C)CC2)CC1. The molecular weight excluding hydrogens is 416 g/mol. The molecule has 0 atom stereocenters. The van der Waals surface area contributed by atoms with Gasteiger partial charge in [0.2, 0.25) is 0 Å². The molecule has 1 aliphatic carbocycles. The summed E-state index contributed by atoms with van der Waals surface area (Å²) in [5, 5.41) is 3.58. The summed E-state index contributed by atoms with van der Waals surface area (Å²) in [5.74, 6) is 1.35. The summed E-state index contributed by atoms with van der Waals surface area (Å²) < 4.78 is 11.8. The first-order valence-corrected chi connectivity index (χ1v) is 11.7. The molecule has 0 unspecified atom stereocenters. The minimum absolute atomic E-state index is 0.0361. The first-order valence-electron chi connectivity index (χ1n) is 11.3. The van der Waals surface area contributed by atoms with Gasteiger partial charge in [0, 0.05) is 24.2 Å². The fraction of sp³-hybridized carbons (Fsp3) is 0.667. The lowest BCUT2D eigenvalue weighted by atomic mass is 9.80. The lowest BCUT2D eigenvalue weighted by molar-refractivity contribution is -0.153. The Balaban J connectivity index is 1.71. The summed E-state index contributed by atoms with van der Waals surface area (Å²) in [4.78, 5) is 27.8. The van der Waals surface area contributed by atoms with Gasteiger partial charge >= 0.3 is 6.09 Å². The number of carbonyl (C=O) groups excluding carboxylic acids is 2. The minimum atomic E-state index is -0.916. The van der Waals surface area contributed by atoms with Crippen molar-refractivity contribution in [1.29, 1.82) is 0 Å². The van der Waals surface area contributed by atoms with Gasteiger partial charge in [-0.05, 0) is 89.5 Å². The Hall–Kier alpha value is -1.95. The van der Waals surface area contributed by atoms with Crippen molar-refractivity contribution in [1.82, 2.24) is 10.2 Å². The molecule has 172 valence electrons. The van der Waals surface area contributed by atoms with Crippen LogP contribution in [0.1, 0.15) is 66.2 Å². The highest BCUT2D eigenvalue weighted by Gasteiger charge is 2.47. The van der Waals surface area contributed by atoms with Crippen LogP contribution in [0.15, 0.2) is 24.3 Å². The normalized spacial score (nSPS) is 25.1. The van der Waals surface area contributed by atoms with Crippen molar-refractivity contribution in [3.8, 4) is 5.75 Å². The average Bonchev–Trinajstić information content (AvgIpc) is 2.70. The van der Waals surface area contributed by atoms with Crippen LogP contribution in [0, 0.1) is 5.92 Å². The molecule has 0 aromatic heterocycles. The lowest BCUT2D eigenvalue weighted by Crippen LogP contribution is -2.57. The highest BCUT2D eigenvalue weighted by atomic mass is 35.5. The maximum atomic E-state index is 13.6. The Morgan fingerprint density at radius 2 is 1.65 bits per heavy atom. The third kappa shape index (κ3) is 6.52. The molecule has 31 heavy (non-hydrogen) atoms. The number of halogens is 1. The molecule has 6 nitrogen and oxygen atoms in total. The molecule has 1 aromatic rings. The Kier molecular flexibility index (Phi) is 7.40. The topological polar surface area (TPSA) is 67.9 Å². The van der Waals surface area contributed by atoms with Crippen molar-refractivity contribution < 1.29 is 19.1 Å². The summed E-state index contributed by atoms with van der Waals surface area (Å²) in [6.07, 6.45) is 4.02. The van der Waals surface area contributed by atoms with Gasteiger partial charge in [-0.2, -0.15) is 0 Å². The highest BCUT2D eigenvalue weighted by Crippen LogP contribution is 2.36. The van der Waals surface area contributed by atoms with Crippen LogP contribution < -0.4 is 10.1 Å². The number of rotatable bonds is 4. The average molecular weight is 451 g/mol. The van der Waals surface area contributed by atoms with Gasteiger partial charge in [0.1, 0.15) is 11.4 Å². The number of carbonyl (C=O) groups is 2. The summed E-state index contributed by atoms with van der Waals surface area (Å²) in [7, 11) is 0. The Labute approximate surface area is 190 Å². The molecule has 7 heteroatoms. The first-order chi connectivity index (χ1) is 14.6. The number of likely N-dealkylation sites (tertiary alicyclic amines) is 1. The van der Waals surface area contributed by atoms with Crippen molar-refractivity contribution in [2.45, 2.75) is 83.5 Å². The standard InChI is InChI=1S/C24H35ClN2O4/c1-17-11-15-27(16-12-17)21(28)24(30-20-7-5-18(25)6-8-20)13-9-19(10-14-24)26-22(29)31-23(2,3)4/h5-8,17,19H,9-16H2,1-4H3,(H,26,29). The van der Waals surface area contributed by atoms with Gasteiger partial charge in [0.15, 0.2) is 5.60 Å². The van der Waals surface area contributed by atoms with Crippen molar-refractivity contribution in [2.75, 3.05) is 13.1 Å². The molecule has 1 N–H and O–H groups in total. The molecule has 0 spiro atoms. The van der Waals surface area contributed by atoms with Gasteiger partial charge in [-0.3, -0.25) is 4.79 Å². The van der Waals surface area contributed by atoms with E-state index in [1.54, 1.807) is 24.3 Å². The van der Waals surface area contributed by atoms with E-state index in [2.05, 4.69) is 12.2 Å². The molecule has 0 radical (unpaired) electrons. The molecule has 1 saturated heterocycles. The van der Waals surface area contributed by atoms with Crippen molar-refractivity contribution in [3.63, 3.8) is 0 Å². The van der Waals surface area contributed by atoms with E-state index in [-0.39, 0.29) is 11.9 Å². The molecule has 2 fully saturated rings. The second-order valence-electron chi connectivity index (χ2n) is 9.95. The molecular formula is C24H35ClN2O4. The number of nitrogens with one attached hydrogen (secondary N) is 1. The van der Waals surface area contributed by atoms with Crippen LogP contribution in [0.25, 0.3) is 0 Å². The molecule has 1 saturated carbocycles. The number of benzene rings is 1. The van der Waals surface area contributed by atoms with Gasteiger partial charge < -0.3 is 19.7 Å². The Morgan fingerprint density at radius 3 is 2.19 bits per heavy atom. The zero-order valence-electron chi connectivity index (χ0n) is 19.1. The van der Waals surface area contributed by atoms with Gasteiger partial charge in [-0.15, -0.1) is 0 Å². The molecule has 1 aromatic carbocycles. The summed E-state index contributed by atoms with van der Waals surface area (Å²) in [6.45, 7) is 9.30. The fourth-order valence-electron chi connectivity index (χ4n) is 4.29. The second kappa shape index (κ2) is 9.68. The van der Waals surface area contributed by atoms with Crippen molar-refractivity contribution >= 4 is 23.6 Å². The zero-order chi connectivity index (χ0) is 22.6. The van der Waals surface area contributed by atoms with E-state index in [4.69, 9.17) is 21.1 Å². The maximum absolute atomic E-state index is 13.6. The van der Waals surface area contributed by atoms with Gasteiger partial charge in [-0.25, -0.2) is 4.79 Å². The first kappa shape index (κ1) is 23.7. The predicted molar refractivity (Wildman–Crippen MR) is 121 cm³/mol. The number of ether oxygens (including phenoxy) is 2. The third-order valence-electron chi connectivity index (χ3n) is 6.10. The van der Waals surface area contributed by atoms with E-state index < -0.39 is 17.3 Å². The van der Waals surface area contributed by atoms with E-state index in [1.165, 1.54) is 0 Å². The van der Waals surface area contributed by atoms with E-state index >= 15 is 0 Å². The van der Waals surface area contributed by atoms with Crippen LogP contribution in [0.5, 0.6) is 5.75 Å². The number of hydrogen-bond donors (Lipinski definition) is 1. The van der Waals surface area contributed by atoms with Gasteiger partial charge in [-0.1, -0.05) is 18.5 Å². The van der Waals surface area contributed by atoms with E-state index in [0.717, 1.165) is 25.9 Å². The number of amides is 2. The smallest absolute Gasteiger partial charge is 0.407 e. The van der Waals surface area contributed by atoms with E-state index in [1.807, 2.05) is 25.7 Å². The third-order valence-corrected chi connectivity index (χ3v) is 6.35. The quantitative estimate of drug-likeness (QED) is 0.685. The van der Waals surface area contributed by atoms with Crippen LogP contribution in [0.4, 0.5) is 4.79 Å². The molecule has 1 heterocycles. The number of piperidine rings is 1. The van der Waals surface area contributed by atoms with E-state index in [9.17, 15) is 9.59 Å². The van der Waals surface area contributed by atoms with Crippen LogP contribution in [0.2, 0.25) is 5.02 Å². The molecule has 1 aliphatic heterocycles. The largest absolute Gasteiger partial charge is 0.477 e. The maximum Gasteiger partial charge on any atom is 0.407 e. The monoisotopic (exact) mass is 450 g/mol. The highest BCUT2D eigenvalue weighted by molar-refractivity contribution is 6.30. The van der Waals surface area contributed by atoms with Crippen LogP contribution in [-0.2, 0) is 9.53 Å². The van der Waals surface area contributed by atoms with Crippen molar-refractivity contribution in [3.05, 3.63) is 29.3 Å². The number of alkyl carbamates (subject to hydrolysis) is 1. The summed E-state index contributed by atoms with van der Waals surface area (Å²) in [5.41, 5.74) is -1.46. The second-order valence-corrected chi connectivity index (χ2v) is 10.4. The Bertz CT molecular complexity index is 759. The molecule has 2 aliphatic rings. The number of nitrogens with zero attached hydrogens (tertiary/aromatic N) is 1. The predicted octanol–water partition coefficient (Wildman–Crippen LogP) is 5.18.